The van der Waals surface area contributed by atoms with Crippen LogP contribution >= 0.6 is 11.6 Å². The molecule has 8 rings (SSSR count). The maximum absolute atomic E-state index is 6.58. The molecule has 0 saturated carbocycles. The van der Waals surface area contributed by atoms with E-state index in [1.807, 2.05) is 72.8 Å². The highest BCUT2D eigenvalue weighted by Gasteiger charge is 2.15. The Morgan fingerprint density at radius 3 is 1.31 bits per heavy atom. The first-order valence-corrected chi connectivity index (χ1v) is 15.3. The Morgan fingerprint density at radius 1 is 0.311 bits per heavy atom. The van der Waals surface area contributed by atoms with Gasteiger partial charge in [0.05, 0.1) is 0 Å². The van der Waals surface area contributed by atoms with Crippen molar-refractivity contribution in [3.63, 3.8) is 0 Å². The Balaban J connectivity index is 1.28. The van der Waals surface area contributed by atoms with Crippen molar-refractivity contribution >= 4 is 33.1 Å². The maximum atomic E-state index is 6.58. The van der Waals surface area contributed by atoms with Gasteiger partial charge in [-0.1, -0.05) is 157 Å². The lowest BCUT2D eigenvalue weighted by Crippen LogP contribution is -2.00. The van der Waals surface area contributed by atoms with Crippen LogP contribution < -0.4 is 0 Å². The van der Waals surface area contributed by atoms with Crippen molar-refractivity contribution in [2.45, 2.75) is 0 Å². The highest BCUT2D eigenvalue weighted by Crippen LogP contribution is 2.40. The number of fused-ring (bicyclic) bond motifs is 2. The summed E-state index contributed by atoms with van der Waals surface area (Å²) >= 11 is 6.58. The van der Waals surface area contributed by atoms with Gasteiger partial charge < -0.3 is 0 Å². The van der Waals surface area contributed by atoms with Gasteiger partial charge >= 0.3 is 0 Å². The number of nitrogens with zero attached hydrogens (tertiary/aromatic N) is 3. The lowest BCUT2D eigenvalue weighted by molar-refractivity contribution is 1.07. The molecule has 4 heteroatoms. The largest absolute Gasteiger partial charge is 0.208 e. The van der Waals surface area contributed by atoms with Gasteiger partial charge in [-0.3, -0.25) is 0 Å². The molecule has 0 fully saturated rings. The van der Waals surface area contributed by atoms with Crippen LogP contribution in [0.2, 0.25) is 5.02 Å². The van der Waals surface area contributed by atoms with Crippen molar-refractivity contribution in [1.82, 2.24) is 15.0 Å². The molecule has 0 aliphatic heterocycles. The SMILES string of the molecule is Clc1ccc(-c2ccc(-c3cccc(-c4nc(-c5ccccc5)nc(-c5ccccc5)n4)c3)c3ccccc23)c2ccccc12. The molecule has 3 nitrogen and oxygen atoms in total. The third kappa shape index (κ3) is 5.04. The standard InChI is InChI=1S/C41H26ClN3/c42-38-25-24-36(34-20-9-10-21-37(34)38)35-23-22-31(32-18-7-8-19-33(32)35)29-16-11-17-30(26-29)41-44-39(27-12-3-1-4-13-27)43-40(45-41)28-14-5-2-6-15-28/h1-26H. The molecule has 1 aromatic heterocycles. The van der Waals surface area contributed by atoms with Crippen LogP contribution in [-0.4, -0.2) is 15.0 Å². The maximum Gasteiger partial charge on any atom is 0.164 e. The quantitative estimate of drug-likeness (QED) is 0.199. The van der Waals surface area contributed by atoms with Crippen LogP contribution in [0.5, 0.6) is 0 Å². The van der Waals surface area contributed by atoms with E-state index in [4.69, 9.17) is 26.6 Å². The van der Waals surface area contributed by atoms with Crippen LogP contribution in [0.25, 0.3) is 78.0 Å². The van der Waals surface area contributed by atoms with Gasteiger partial charge in [0.2, 0.25) is 0 Å². The van der Waals surface area contributed by atoms with Gasteiger partial charge in [-0.2, -0.15) is 0 Å². The number of hydrogen-bond acceptors (Lipinski definition) is 3. The number of halogens is 1. The molecule has 1 heterocycles. The van der Waals surface area contributed by atoms with Gasteiger partial charge in [-0.05, 0) is 50.5 Å². The zero-order valence-electron chi connectivity index (χ0n) is 24.2. The molecule has 0 unspecified atom stereocenters. The summed E-state index contributed by atoms with van der Waals surface area (Å²) in [6.07, 6.45) is 0. The summed E-state index contributed by atoms with van der Waals surface area (Å²) in [5, 5.41) is 5.32. The molecule has 0 spiro atoms. The van der Waals surface area contributed by atoms with E-state index in [1.165, 1.54) is 21.9 Å². The molecule has 8 aromatic rings. The summed E-state index contributed by atoms with van der Waals surface area (Å²) in [4.78, 5) is 14.8. The lowest BCUT2D eigenvalue weighted by atomic mass is 9.90. The molecule has 0 aliphatic carbocycles. The van der Waals surface area contributed by atoms with Crippen molar-refractivity contribution in [1.29, 1.82) is 0 Å². The molecule has 0 aliphatic rings. The molecule has 0 radical (unpaired) electrons. The van der Waals surface area contributed by atoms with E-state index in [9.17, 15) is 0 Å². The third-order valence-electron chi connectivity index (χ3n) is 8.22. The van der Waals surface area contributed by atoms with Crippen LogP contribution in [0.3, 0.4) is 0 Å². The summed E-state index contributed by atoms with van der Waals surface area (Å²) < 4.78 is 0. The summed E-state index contributed by atoms with van der Waals surface area (Å²) in [5.74, 6) is 1.93. The van der Waals surface area contributed by atoms with Gasteiger partial charge in [-0.25, -0.2) is 15.0 Å². The second-order valence-corrected chi connectivity index (χ2v) is 11.4. The van der Waals surface area contributed by atoms with Gasteiger partial charge in [-0.15, -0.1) is 0 Å². The Labute approximate surface area is 266 Å². The molecule has 0 bridgehead atoms. The monoisotopic (exact) mass is 595 g/mol. The van der Waals surface area contributed by atoms with E-state index in [0.717, 1.165) is 43.6 Å². The number of aromatic nitrogens is 3. The fourth-order valence-corrected chi connectivity index (χ4v) is 6.27. The predicted octanol–water partition coefficient (Wildman–Crippen LogP) is 11.2. The minimum Gasteiger partial charge on any atom is -0.208 e. The van der Waals surface area contributed by atoms with Gasteiger partial charge in [0.25, 0.3) is 0 Å². The van der Waals surface area contributed by atoms with Crippen molar-refractivity contribution in [2.75, 3.05) is 0 Å². The molecule has 45 heavy (non-hydrogen) atoms. The Morgan fingerprint density at radius 2 is 0.711 bits per heavy atom. The highest BCUT2D eigenvalue weighted by atomic mass is 35.5. The fraction of sp³-hybridized carbons (Fsp3) is 0. The smallest absolute Gasteiger partial charge is 0.164 e. The zero-order valence-corrected chi connectivity index (χ0v) is 25.0. The van der Waals surface area contributed by atoms with Crippen LogP contribution in [-0.2, 0) is 0 Å². The van der Waals surface area contributed by atoms with E-state index in [2.05, 4.69) is 84.9 Å². The first kappa shape index (κ1) is 26.9. The van der Waals surface area contributed by atoms with E-state index >= 15 is 0 Å². The van der Waals surface area contributed by atoms with Crippen LogP contribution in [0.4, 0.5) is 0 Å². The molecule has 0 saturated heterocycles. The molecule has 0 amide bonds. The first-order chi connectivity index (χ1) is 22.2. The fourth-order valence-electron chi connectivity index (χ4n) is 6.05. The Bertz CT molecular complexity index is 2280. The average Bonchev–Trinajstić information content (AvgIpc) is 3.12. The molecule has 212 valence electrons. The lowest BCUT2D eigenvalue weighted by Gasteiger charge is -2.15. The van der Waals surface area contributed by atoms with Crippen LogP contribution in [0, 0.1) is 0 Å². The molecule has 0 atom stereocenters. The summed E-state index contributed by atoms with van der Waals surface area (Å²) in [6.45, 7) is 0. The van der Waals surface area contributed by atoms with Crippen molar-refractivity contribution < 1.29 is 0 Å². The van der Waals surface area contributed by atoms with E-state index in [1.54, 1.807) is 0 Å². The summed E-state index contributed by atoms with van der Waals surface area (Å²) in [6, 6.07) is 54.1. The topological polar surface area (TPSA) is 38.7 Å². The van der Waals surface area contributed by atoms with Crippen molar-refractivity contribution in [2.24, 2.45) is 0 Å². The second kappa shape index (κ2) is 11.5. The second-order valence-electron chi connectivity index (χ2n) is 11.0. The number of hydrogen-bond donors (Lipinski definition) is 0. The first-order valence-electron chi connectivity index (χ1n) is 14.9. The normalized spacial score (nSPS) is 11.2. The summed E-state index contributed by atoms with van der Waals surface area (Å²) in [5.41, 5.74) is 7.42. The number of benzene rings is 7. The minimum absolute atomic E-state index is 0.637. The van der Waals surface area contributed by atoms with Gasteiger partial charge in [0, 0.05) is 27.1 Å². The molecular weight excluding hydrogens is 570 g/mol. The third-order valence-corrected chi connectivity index (χ3v) is 8.55. The summed E-state index contributed by atoms with van der Waals surface area (Å²) in [7, 11) is 0. The highest BCUT2D eigenvalue weighted by molar-refractivity contribution is 6.36. The van der Waals surface area contributed by atoms with Crippen molar-refractivity contribution in [3.05, 3.63) is 163 Å². The zero-order chi connectivity index (χ0) is 30.2. The average molecular weight is 596 g/mol. The van der Waals surface area contributed by atoms with E-state index in [0.29, 0.717) is 17.5 Å². The van der Waals surface area contributed by atoms with Crippen LogP contribution in [0.1, 0.15) is 0 Å². The van der Waals surface area contributed by atoms with Gasteiger partial charge in [0.1, 0.15) is 0 Å². The van der Waals surface area contributed by atoms with E-state index < -0.39 is 0 Å². The van der Waals surface area contributed by atoms with Crippen LogP contribution in [0.15, 0.2) is 158 Å². The Hall–Kier alpha value is -5.64. The minimum atomic E-state index is 0.637. The number of rotatable bonds is 5. The molecular formula is C41H26ClN3. The Kier molecular flexibility index (Phi) is 6.86. The molecule has 7 aromatic carbocycles. The van der Waals surface area contributed by atoms with Gasteiger partial charge in [0.15, 0.2) is 17.5 Å². The molecule has 0 N–H and O–H groups in total. The predicted molar refractivity (Wildman–Crippen MR) is 187 cm³/mol. The van der Waals surface area contributed by atoms with E-state index in [-0.39, 0.29) is 0 Å². The van der Waals surface area contributed by atoms with Crippen molar-refractivity contribution in [3.8, 4) is 56.4 Å².